The summed E-state index contributed by atoms with van der Waals surface area (Å²) in [6.45, 7) is 0. The van der Waals surface area contributed by atoms with E-state index in [2.05, 4.69) is 47.8 Å². The SMILES string of the molecule is CNc1ccc2ccc(N=P)nc2c1.Oc1ccc2ccc(N=P)nc2c1.Oc1ccc2cccnc2c1. The van der Waals surface area contributed by atoms with Crippen LogP contribution in [-0.2, 0) is 0 Å². The largest absolute Gasteiger partial charge is 0.508 e. The number of nitrogens with one attached hydrogen (secondary N) is 1. The normalized spacial score (nSPS) is 10.1. The lowest BCUT2D eigenvalue weighted by Gasteiger charge is -2.02. The third kappa shape index (κ3) is 6.83. The molecular weight excluding hydrogens is 514 g/mol. The summed E-state index contributed by atoms with van der Waals surface area (Å²) >= 11 is 0. The zero-order chi connectivity index (χ0) is 26.9. The Hall–Kier alpha value is -4.51. The molecule has 3 N–H and O–H groups in total. The van der Waals surface area contributed by atoms with Crippen molar-refractivity contribution >= 4 is 68.1 Å². The minimum Gasteiger partial charge on any atom is -0.508 e. The van der Waals surface area contributed by atoms with E-state index in [9.17, 15) is 5.11 Å². The Morgan fingerprint density at radius 1 is 0.632 bits per heavy atom. The molecule has 0 amide bonds. The second-order valence-corrected chi connectivity index (χ2v) is 8.42. The Labute approximate surface area is 223 Å². The Morgan fingerprint density at radius 2 is 1.13 bits per heavy atom. The van der Waals surface area contributed by atoms with Gasteiger partial charge >= 0.3 is 0 Å². The lowest BCUT2D eigenvalue weighted by Crippen LogP contribution is -1.87. The molecule has 10 heteroatoms. The van der Waals surface area contributed by atoms with Crippen LogP contribution < -0.4 is 5.32 Å². The second kappa shape index (κ2) is 12.6. The maximum atomic E-state index is 9.21. The number of aromatic hydroxyl groups is 2. The molecular formula is C28H24N6O2P2. The Morgan fingerprint density at radius 3 is 1.71 bits per heavy atom. The first kappa shape index (κ1) is 26.6. The molecule has 3 aromatic heterocycles. The zero-order valence-corrected chi connectivity index (χ0v) is 22.4. The topological polar surface area (TPSA) is 116 Å². The van der Waals surface area contributed by atoms with Crippen LogP contribution in [0.3, 0.4) is 0 Å². The molecule has 0 aliphatic rings. The van der Waals surface area contributed by atoms with E-state index in [1.54, 1.807) is 36.5 Å². The van der Waals surface area contributed by atoms with E-state index in [1.165, 1.54) is 0 Å². The van der Waals surface area contributed by atoms with Crippen LogP contribution in [0, 0.1) is 0 Å². The van der Waals surface area contributed by atoms with Gasteiger partial charge in [-0.05, 0) is 84.8 Å². The Bertz CT molecular complexity index is 1750. The highest BCUT2D eigenvalue weighted by molar-refractivity contribution is 7.04. The molecule has 6 rings (SSSR count). The second-order valence-electron chi connectivity index (χ2n) is 7.98. The van der Waals surface area contributed by atoms with Crippen LogP contribution >= 0.6 is 18.1 Å². The number of benzene rings is 3. The summed E-state index contributed by atoms with van der Waals surface area (Å²) in [4.78, 5) is 12.6. The van der Waals surface area contributed by atoms with Crippen LogP contribution in [0.15, 0.2) is 107 Å². The van der Waals surface area contributed by atoms with Gasteiger partial charge in [0.1, 0.15) is 11.5 Å². The molecule has 6 aromatic rings. The van der Waals surface area contributed by atoms with Crippen molar-refractivity contribution in [3.8, 4) is 11.5 Å². The van der Waals surface area contributed by atoms with Gasteiger partial charge in [0, 0.05) is 47.2 Å². The van der Waals surface area contributed by atoms with Crippen LogP contribution in [0.2, 0.25) is 0 Å². The van der Waals surface area contributed by atoms with Gasteiger partial charge in [0.05, 0.1) is 16.6 Å². The van der Waals surface area contributed by atoms with Gasteiger partial charge in [-0.1, -0.05) is 12.1 Å². The third-order valence-corrected chi connectivity index (χ3v) is 5.90. The number of hydrogen-bond acceptors (Lipinski definition) is 8. The number of hydrogen-bond donors (Lipinski definition) is 3. The fourth-order valence-corrected chi connectivity index (χ4v) is 3.79. The summed E-state index contributed by atoms with van der Waals surface area (Å²) in [6.07, 6.45) is 1.71. The maximum absolute atomic E-state index is 9.21. The number of anilines is 1. The number of fused-ring (bicyclic) bond motifs is 3. The molecule has 8 nitrogen and oxygen atoms in total. The summed E-state index contributed by atoms with van der Waals surface area (Å²) < 4.78 is 7.61. The molecule has 0 radical (unpaired) electrons. The smallest absolute Gasteiger partial charge is 0.156 e. The van der Waals surface area contributed by atoms with Gasteiger partial charge in [-0.25, -0.2) is 19.5 Å². The summed E-state index contributed by atoms with van der Waals surface area (Å²) in [5, 5.41) is 24.5. The van der Waals surface area contributed by atoms with Gasteiger partial charge in [0.15, 0.2) is 11.6 Å². The third-order valence-electron chi connectivity index (χ3n) is 5.45. The standard InChI is InChI=1S/C10H10N3P.C9H7N2OP.C9H7NO/c1-11-8-4-2-7-3-5-10(13-14)12-9(7)6-8;12-7-3-1-6-2-4-9(11-13)10-8(6)5-7;11-8-4-3-7-2-1-5-10-9(7)6-8/h2-6,11,14H,1H3;1-5,12-13H;1-6,11H. The Kier molecular flexibility index (Phi) is 8.83. The number of phenolic OH excluding ortho intramolecular Hbond substituents is 2. The van der Waals surface area contributed by atoms with Crippen molar-refractivity contribution < 1.29 is 10.2 Å². The predicted octanol–water partition coefficient (Wildman–Crippen LogP) is 8.07. The molecule has 3 heterocycles. The molecule has 188 valence electrons. The first-order valence-corrected chi connectivity index (χ1v) is 12.4. The first-order chi connectivity index (χ1) is 18.5. The monoisotopic (exact) mass is 538 g/mol. The summed E-state index contributed by atoms with van der Waals surface area (Å²) in [6, 6.07) is 27.7. The molecule has 0 saturated heterocycles. The van der Waals surface area contributed by atoms with Crippen molar-refractivity contribution in [3.63, 3.8) is 0 Å². The van der Waals surface area contributed by atoms with Crippen molar-refractivity contribution in [2.45, 2.75) is 0 Å². The van der Waals surface area contributed by atoms with Gasteiger partial charge < -0.3 is 15.5 Å². The molecule has 0 saturated carbocycles. The van der Waals surface area contributed by atoms with Crippen molar-refractivity contribution in [1.82, 2.24) is 15.0 Å². The van der Waals surface area contributed by atoms with E-state index in [0.29, 0.717) is 11.6 Å². The summed E-state index contributed by atoms with van der Waals surface area (Å²) in [7, 11) is 7.97. The average molecular weight is 538 g/mol. The molecule has 0 atom stereocenters. The molecule has 0 aliphatic heterocycles. The number of pyridine rings is 3. The van der Waals surface area contributed by atoms with Crippen LogP contribution in [0.5, 0.6) is 11.5 Å². The average Bonchev–Trinajstić information content (AvgIpc) is 2.96. The van der Waals surface area contributed by atoms with E-state index in [4.69, 9.17) is 5.11 Å². The molecule has 0 fully saturated rings. The molecule has 0 unspecified atom stereocenters. The van der Waals surface area contributed by atoms with Gasteiger partial charge in [-0.3, -0.25) is 4.98 Å². The van der Waals surface area contributed by atoms with E-state index >= 15 is 0 Å². The lowest BCUT2D eigenvalue weighted by molar-refractivity contribution is 0.475. The summed E-state index contributed by atoms with van der Waals surface area (Å²) in [5.41, 5.74) is 3.56. The lowest BCUT2D eigenvalue weighted by atomic mass is 10.2. The van der Waals surface area contributed by atoms with Crippen molar-refractivity contribution in [1.29, 1.82) is 0 Å². The van der Waals surface area contributed by atoms with E-state index in [1.807, 2.05) is 67.7 Å². The maximum Gasteiger partial charge on any atom is 0.156 e. The van der Waals surface area contributed by atoms with Crippen LogP contribution in [0.25, 0.3) is 32.7 Å². The number of phenols is 2. The van der Waals surface area contributed by atoms with Gasteiger partial charge in [0.2, 0.25) is 0 Å². The fourth-order valence-electron chi connectivity index (χ4n) is 3.54. The quantitative estimate of drug-likeness (QED) is 0.196. The highest BCUT2D eigenvalue weighted by atomic mass is 31.0. The zero-order valence-electron chi connectivity index (χ0n) is 20.4. The highest BCUT2D eigenvalue weighted by Crippen LogP contribution is 2.22. The van der Waals surface area contributed by atoms with Crippen LogP contribution in [-0.4, -0.2) is 32.2 Å². The van der Waals surface area contributed by atoms with E-state index in [0.717, 1.165) is 38.4 Å². The molecule has 38 heavy (non-hydrogen) atoms. The fraction of sp³-hybridized carbons (Fsp3) is 0.0357. The van der Waals surface area contributed by atoms with Gasteiger partial charge in [0.25, 0.3) is 0 Å². The first-order valence-electron chi connectivity index (χ1n) is 11.5. The number of rotatable bonds is 3. The molecule has 0 aliphatic carbocycles. The Balaban J connectivity index is 0.000000134. The number of nitrogens with zero attached hydrogens (tertiary/aromatic N) is 5. The van der Waals surface area contributed by atoms with Crippen molar-refractivity contribution in [2.24, 2.45) is 9.49 Å². The minimum absolute atomic E-state index is 0.214. The van der Waals surface area contributed by atoms with Gasteiger partial charge in [-0.2, -0.15) is 0 Å². The summed E-state index contributed by atoms with van der Waals surface area (Å²) in [5.74, 6) is 1.75. The molecule has 0 bridgehead atoms. The van der Waals surface area contributed by atoms with E-state index < -0.39 is 0 Å². The molecule has 3 aromatic carbocycles. The van der Waals surface area contributed by atoms with Crippen LogP contribution in [0.4, 0.5) is 17.3 Å². The van der Waals surface area contributed by atoms with E-state index in [-0.39, 0.29) is 11.5 Å². The van der Waals surface area contributed by atoms with Gasteiger partial charge in [-0.15, -0.1) is 0 Å². The predicted molar refractivity (Wildman–Crippen MR) is 159 cm³/mol. The van der Waals surface area contributed by atoms with Crippen molar-refractivity contribution in [2.75, 3.05) is 12.4 Å². The number of aromatic nitrogens is 3. The minimum atomic E-state index is 0.214. The highest BCUT2D eigenvalue weighted by Gasteiger charge is 1.98. The van der Waals surface area contributed by atoms with Crippen LogP contribution in [0.1, 0.15) is 0 Å². The van der Waals surface area contributed by atoms with Crippen molar-refractivity contribution in [3.05, 3.63) is 97.2 Å². The molecule has 0 spiro atoms.